The van der Waals surface area contributed by atoms with Crippen molar-refractivity contribution in [3.8, 4) is 0 Å². The monoisotopic (exact) mass is 417 g/mol. The number of aliphatic hydroxyl groups is 1. The van der Waals surface area contributed by atoms with Crippen molar-refractivity contribution in [1.82, 2.24) is 0 Å². The van der Waals surface area contributed by atoms with Crippen LogP contribution in [0.1, 0.15) is 27.2 Å². The van der Waals surface area contributed by atoms with E-state index in [0.717, 1.165) is 6.08 Å². The van der Waals surface area contributed by atoms with Crippen molar-refractivity contribution in [3.63, 3.8) is 0 Å². The molecule has 0 saturated heterocycles. The van der Waals surface area contributed by atoms with Crippen molar-refractivity contribution in [1.29, 1.82) is 0 Å². The fourth-order valence-electron chi connectivity index (χ4n) is 2.01. The van der Waals surface area contributed by atoms with Gasteiger partial charge in [0, 0.05) is 11.3 Å². The predicted octanol–water partition coefficient (Wildman–Crippen LogP) is 3.57. The van der Waals surface area contributed by atoms with Crippen LogP contribution >= 0.6 is 0 Å². The number of hydrogen-bond donors (Lipinski definition) is 1. The van der Waals surface area contributed by atoms with E-state index in [0.29, 0.717) is 0 Å². The SMILES string of the molecule is CC(C)(C)[Si](C)(C)O[C@H]1C[C@@H](O)C=C(OS(=O)(=O)C(F)(F)F)[C@@H]1N=[N+]=[N-]. The summed E-state index contributed by atoms with van der Waals surface area (Å²) >= 11 is 0. The van der Waals surface area contributed by atoms with E-state index in [-0.39, 0.29) is 11.5 Å². The highest BCUT2D eigenvalue weighted by Gasteiger charge is 2.51. The molecule has 8 nitrogen and oxygen atoms in total. The van der Waals surface area contributed by atoms with Gasteiger partial charge in [-0.05, 0) is 29.7 Å². The lowest BCUT2D eigenvalue weighted by molar-refractivity contribution is -0.0532. The lowest BCUT2D eigenvalue weighted by Gasteiger charge is -2.42. The summed E-state index contributed by atoms with van der Waals surface area (Å²) < 4.78 is 70.5. The standard InChI is InChI=1S/C13H22F3N3O5SSi/c1-12(2,3)26(4,5)24-10-7-8(20)6-9(11(10)18-19-17)23-25(21,22)13(14,15)16/h6,8,10-11,20H,7H2,1-5H3/t8-,10-,11-/m0/s1. The van der Waals surface area contributed by atoms with Gasteiger partial charge in [-0.1, -0.05) is 25.9 Å². The van der Waals surface area contributed by atoms with Gasteiger partial charge >= 0.3 is 15.6 Å². The third kappa shape index (κ3) is 5.13. The molecule has 0 unspecified atom stereocenters. The van der Waals surface area contributed by atoms with Crippen LogP contribution in [0.15, 0.2) is 16.9 Å². The topological polar surface area (TPSA) is 122 Å². The van der Waals surface area contributed by atoms with Crippen LogP contribution in [0.25, 0.3) is 10.4 Å². The smallest absolute Gasteiger partial charge is 0.413 e. The van der Waals surface area contributed by atoms with Crippen LogP contribution in [0.4, 0.5) is 13.2 Å². The van der Waals surface area contributed by atoms with Gasteiger partial charge < -0.3 is 13.7 Å². The van der Waals surface area contributed by atoms with E-state index in [1.807, 2.05) is 33.9 Å². The molecule has 0 aromatic carbocycles. The predicted molar refractivity (Wildman–Crippen MR) is 89.8 cm³/mol. The Labute approximate surface area is 150 Å². The van der Waals surface area contributed by atoms with Gasteiger partial charge in [-0.25, -0.2) is 0 Å². The highest BCUT2D eigenvalue weighted by atomic mass is 32.2. The average Bonchev–Trinajstić information content (AvgIpc) is 2.39. The van der Waals surface area contributed by atoms with E-state index in [1.54, 1.807) is 0 Å². The van der Waals surface area contributed by atoms with Gasteiger partial charge in [0.15, 0.2) is 8.32 Å². The molecule has 0 spiro atoms. The zero-order valence-corrected chi connectivity index (χ0v) is 16.8. The largest absolute Gasteiger partial charge is 0.534 e. The summed E-state index contributed by atoms with van der Waals surface area (Å²) in [5.41, 5.74) is 3.07. The molecule has 3 atom stereocenters. The molecule has 0 heterocycles. The van der Waals surface area contributed by atoms with Crippen LogP contribution < -0.4 is 0 Å². The van der Waals surface area contributed by atoms with Crippen LogP contribution in [0.2, 0.25) is 18.1 Å². The summed E-state index contributed by atoms with van der Waals surface area (Å²) in [5, 5.41) is 13.0. The molecule has 0 amide bonds. The maximum Gasteiger partial charge on any atom is 0.534 e. The van der Waals surface area contributed by atoms with Gasteiger partial charge in [0.25, 0.3) is 0 Å². The normalized spacial score (nSPS) is 25.3. The fourth-order valence-corrected chi connectivity index (χ4v) is 3.85. The molecule has 1 aliphatic carbocycles. The lowest BCUT2D eigenvalue weighted by Crippen LogP contribution is -2.49. The number of hydrogen-bond acceptors (Lipinski definition) is 6. The summed E-state index contributed by atoms with van der Waals surface area (Å²) in [6.45, 7) is 9.48. The highest BCUT2D eigenvalue weighted by Crippen LogP contribution is 2.40. The second-order valence-corrected chi connectivity index (χ2v) is 13.7. The number of halogens is 3. The Hall–Kier alpha value is -1.27. The highest BCUT2D eigenvalue weighted by molar-refractivity contribution is 7.87. The van der Waals surface area contributed by atoms with Crippen LogP contribution in [-0.4, -0.2) is 45.6 Å². The van der Waals surface area contributed by atoms with E-state index in [4.69, 9.17) is 9.96 Å². The van der Waals surface area contributed by atoms with E-state index in [9.17, 15) is 26.7 Å². The molecule has 0 saturated carbocycles. The molecule has 0 bridgehead atoms. The Morgan fingerprint density at radius 3 is 2.31 bits per heavy atom. The van der Waals surface area contributed by atoms with Gasteiger partial charge in [0.2, 0.25) is 0 Å². The van der Waals surface area contributed by atoms with E-state index < -0.39 is 48.0 Å². The van der Waals surface area contributed by atoms with Gasteiger partial charge in [0.05, 0.1) is 12.2 Å². The maximum atomic E-state index is 12.6. The first-order valence-corrected chi connectivity index (χ1v) is 12.0. The van der Waals surface area contributed by atoms with Gasteiger partial charge in [-0.3, -0.25) is 0 Å². The van der Waals surface area contributed by atoms with Gasteiger partial charge in [0.1, 0.15) is 11.8 Å². The summed E-state index contributed by atoms with van der Waals surface area (Å²) in [5.74, 6) is -0.803. The van der Waals surface area contributed by atoms with E-state index >= 15 is 0 Å². The van der Waals surface area contributed by atoms with E-state index in [1.165, 1.54) is 0 Å². The molecule has 0 radical (unpaired) electrons. The molecule has 0 aromatic rings. The van der Waals surface area contributed by atoms with Crippen molar-refractivity contribution >= 4 is 18.4 Å². The first kappa shape index (κ1) is 22.8. The quantitative estimate of drug-likeness (QED) is 0.183. The molecule has 1 N–H and O–H groups in total. The third-order valence-electron chi connectivity index (χ3n) is 4.39. The molecule has 1 rings (SSSR count). The number of aliphatic hydroxyl groups excluding tert-OH is 1. The summed E-state index contributed by atoms with van der Waals surface area (Å²) in [6, 6.07) is -1.45. The molecule has 26 heavy (non-hydrogen) atoms. The second kappa shape index (κ2) is 7.39. The Balaban J connectivity index is 3.26. The third-order valence-corrected chi connectivity index (χ3v) is 9.87. The van der Waals surface area contributed by atoms with Crippen molar-refractivity contribution < 1.29 is 35.3 Å². The Morgan fingerprint density at radius 1 is 1.35 bits per heavy atom. The number of nitrogens with zero attached hydrogens (tertiary/aromatic N) is 3. The average molecular weight is 417 g/mol. The maximum absolute atomic E-state index is 12.6. The van der Waals surface area contributed by atoms with Crippen molar-refractivity contribution in [3.05, 3.63) is 22.3 Å². The molecule has 150 valence electrons. The zero-order chi connectivity index (χ0) is 20.6. The zero-order valence-electron chi connectivity index (χ0n) is 15.0. The summed E-state index contributed by atoms with van der Waals surface area (Å²) in [6.07, 6.45) is -1.62. The Kier molecular flexibility index (Phi) is 6.47. The molecular weight excluding hydrogens is 395 g/mol. The molecule has 0 fully saturated rings. The first-order valence-electron chi connectivity index (χ1n) is 7.64. The number of azide groups is 1. The van der Waals surface area contributed by atoms with E-state index in [2.05, 4.69) is 14.2 Å². The Bertz CT molecular complexity index is 712. The van der Waals surface area contributed by atoms with Crippen LogP contribution in [-0.2, 0) is 18.7 Å². The van der Waals surface area contributed by atoms with Gasteiger partial charge in [-0.2, -0.15) is 21.6 Å². The van der Waals surface area contributed by atoms with Crippen molar-refractivity contribution in [2.45, 2.75) is 69.1 Å². The summed E-state index contributed by atoms with van der Waals surface area (Å²) in [7, 11) is -8.44. The summed E-state index contributed by atoms with van der Waals surface area (Å²) in [4.78, 5) is 2.55. The van der Waals surface area contributed by atoms with Crippen LogP contribution in [0.3, 0.4) is 0 Å². The minimum absolute atomic E-state index is 0.0743. The number of alkyl halides is 3. The molecule has 1 aliphatic rings. The molecule has 0 aromatic heterocycles. The minimum atomic E-state index is -5.97. The molecular formula is C13H22F3N3O5SSi. The Morgan fingerprint density at radius 2 is 1.88 bits per heavy atom. The first-order chi connectivity index (χ1) is 11.5. The van der Waals surface area contributed by atoms with Crippen LogP contribution in [0.5, 0.6) is 0 Å². The van der Waals surface area contributed by atoms with Gasteiger partial charge in [-0.15, -0.1) is 0 Å². The van der Waals surface area contributed by atoms with Crippen molar-refractivity contribution in [2.75, 3.05) is 0 Å². The molecule has 13 heteroatoms. The van der Waals surface area contributed by atoms with Crippen LogP contribution in [0, 0.1) is 0 Å². The van der Waals surface area contributed by atoms with Crippen molar-refractivity contribution in [2.24, 2.45) is 5.11 Å². The molecule has 0 aliphatic heterocycles. The fraction of sp³-hybridized carbons (Fsp3) is 0.846. The number of rotatable bonds is 5. The second-order valence-electron chi connectivity index (χ2n) is 7.42. The lowest BCUT2D eigenvalue weighted by atomic mass is 9.96. The minimum Gasteiger partial charge on any atom is -0.413 e.